The maximum Gasteiger partial charge on any atom is 0.338 e. The number of carbonyl (C=O) groups is 2. The summed E-state index contributed by atoms with van der Waals surface area (Å²) in [5.74, 6) is -1.45. The number of carbonyl (C=O) groups excluding carboxylic acids is 2. The van der Waals surface area contributed by atoms with E-state index < -0.39 is 18.5 Å². The van der Waals surface area contributed by atoms with Crippen LogP contribution < -0.4 is 5.32 Å². The highest BCUT2D eigenvalue weighted by atomic mass is 19.1. The van der Waals surface area contributed by atoms with Crippen molar-refractivity contribution < 1.29 is 18.7 Å². The van der Waals surface area contributed by atoms with Gasteiger partial charge in [0.1, 0.15) is 5.82 Å². The van der Waals surface area contributed by atoms with Crippen molar-refractivity contribution in [1.82, 2.24) is 5.32 Å². The third-order valence-corrected chi connectivity index (χ3v) is 2.78. The fraction of sp³-hybridized carbons (Fsp3) is 0.125. The van der Waals surface area contributed by atoms with E-state index in [-0.39, 0.29) is 12.4 Å². The van der Waals surface area contributed by atoms with E-state index in [1.165, 1.54) is 6.07 Å². The summed E-state index contributed by atoms with van der Waals surface area (Å²) < 4.78 is 18.2. The molecule has 108 valence electrons. The second-order valence-electron chi connectivity index (χ2n) is 4.31. The highest BCUT2D eigenvalue weighted by Gasteiger charge is 2.10. The number of amides is 1. The molecule has 0 aliphatic carbocycles. The van der Waals surface area contributed by atoms with Crippen LogP contribution in [0.1, 0.15) is 15.9 Å². The van der Waals surface area contributed by atoms with Crippen molar-refractivity contribution in [3.8, 4) is 0 Å². The summed E-state index contributed by atoms with van der Waals surface area (Å²) in [6.45, 7) is -0.351. The summed E-state index contributed by atoms with van der Waals surface area (Å²) in [4.78, 5) is 23.2. The van der Waals surface area contributed by atoms with Crippen molar-refractivity contribution in [2.75, 3.05) is 6.61 Å². The molecule has 21 heavy (non-hydrogen) atoms. The molecule has 0 aliphatic rings. The fourth-order valence-corrected chi connectivity index (χ4v) is 1.68. The minimum Gasteiger partial charge on any atom is -0.452 e. The Morgan fingerprint density at radius 1 is 1.00 bits per heavy atom. The maximum absolute atomic E-state index is 13.3. The number of nitrogens with one attached hydrogen (secondary N) is 1. The van der Waals surface area contributed by atoms with Crippen LogP contribution in [0.25, 0.3) is 0 Å². The van der Waals surface area contributed by atoms with E-state index in [1.807, 2.05) is 0 Å². The highest BCUT2D eigenvalue weighted by Crippen LogP contribution is 2.05. The minimum absolute atomic E-state index is 0.0500. The zero-order valence-electron chi connectivity index (χ0n) is 11.2. The predicted octanol–water partition coefficient (Wildman–Crippen LogP) is 2.30. The molecular formula is C16H14FNO3. The molecule has 0 aromatic heterocycles. The first kappa shape index (κ1) is 14.7. The molecule has 1 N–H and O–H groups in total. The average molecular weight is 287 g/mol. The molecule has 0 bridgehead atoms. The second-order valence-corrected chi connectivity index (χ2v) is 4.31. The van der Waals surface area contributed by atoms with Gasteiger partial charge in [-0.25, -0.2) is 9.18 Å². The summed E-state index contributed by atoms with van der Waals surface area (Å²) in [7, 11) is 0. The van der Waals surface area contributed by atoms with Gasteiger partial charge < -0.3 is 10.1 Å². The first-order valence-electron chi connectivity index (χ1n) is 6.39. The van der Waals surface area contributed by atoms with Crippen LogP contribution in [-0.2, 0) is 16.1 Å². The summed E-state index contributed by atoms with van der Waals surface area (Å²) >= 11 is 0. The van der Waals surface area contributed by atoms with E-state index >= 15 is 0 Å². The van der Waals surface area contributed by atoms with Gasteiger partial charge in [0.2, 0.25) is 0 Å². The molecule has 2 aromatic rings. The zero-order chi connectivity index (χ0) is 15.1. The lowest BCUT2D eigenvalue weighted by Crippen LogP contribution is -2.28. The van der Waals surface area contributed by atoms with E-state index in [4.69, 9.17) is 4.74 Å². The molecular weight excluding hydrogens is 273 g/mol. The van der Waals surface area contributed by atoms with Gasteiger partial charge in [-0.1, -0.05) is 36.4 Å². The predicted molar refractivity (Wildman–Crippen MR) is 75.0 cm³/mol. The molecule has 0 heterocycles. The first-order valence-corrected chi connectivity index (χ1v) is 6.39. The van der Waals surface area contributed by atoms with Gasteiger partial charge in [0.25, 0.3) is 5.91 Å². The lowest BCUT2D eigenvalue weighted by atomic mass is 10.2. The molecule has 0 atom stereocenters. The lowest BCUT2D eigenvalue weighted by Gasteiger charge is -2.07. The van der Waals surface area contributed by atoms with Crippen molar-refractivity contribution in [3.05, 3.63) is 71.5 Å². The SMILES string of the molecule is O=C(COC(=O)c1ccccc1)NCc1ccccc1F. The van der Waals surface area contributed by atoms with E-state index in [0.29, 0.717) is 11.1 Å². The molecule has 0 spiro atoms. The number of hydrogen-bond acceptors (Lipinski definition) is 3. The molecule has 0 aliphatic heterocycles. The smallest absolute Gasteiger partial charge is 0.338 e. The van der Waals surface area contributed by atoms with Crippen molar-refractivity contribution in [1.29, 1.82) is 0 Å². The Hall–Kier alpha value is -2.69. The van der Waals surface area contributed by atoms with Crippen LogP contribution in [0.15, 0.2) is 54.6 Å². The number of esters is 1. The Morgan fingerprint density at radius 3 is 2.38 bits per heavy atom. The molecule has 1 amide bonds. The van der Waals surface area contributed by atoms with Gasteiger partial charge in [0.05, 0.1) is 5.56 Å². The Kier molecular flexibility index (Phi) is 5.04. The monoisotopic (exact) mass is 287 g/mol. The van der Waals surface area contributed by atoms with Crippen LogP contribution in [0.5, 0.6) is 0 Å². The first-order chi connectivity index (χ1) is 10.2. The molecule has 0 saturated carbocycles. The van der Waals surface area contributed by atoms with Gasteiger partial charge in [0, 0.05) is 12.1 Å². The van der Waals surface area contributed by atoms with Crippen LogP contribution >= 0.6 is 0 Å². The highest BCUT2D eigenvalue weighted by molar-refractivity contribution is 5.91. The third kappa shape index (κ3) is 4.42. The Bertz CT molecular complexity index is 628. The zero-order valence-corrected chi connectivity index (χ0v) is 11.2. The lowest BCUT2D eigenvalue weighted by molar-refractivity contribution is -0.124. The summed E-state index contributed by atoms with van der Waals surface area (Å²) in [5.41, 5.74) is 0.750. The quantitative estimate of drug-likeness (QED) is 0.858. The van der Waals surface area contributed by atoms with Gasteiger partial charge in [0.15, 0.2) is 6.61 Å². The van der Waals surface area contributed by atoms with Crippen LogP contribution in [-0.4, -0.2) is 18.5 Å². The van der Waals surface area contributed by atoms with E-state index in [0.717, 1.165) is 0 Å². The van der Waals surface area contributed by atoms with Gasteiger partial charge in [-0.3, -0.25) is 4.79 Å². The van der Waals surface area contributed by atoms with Gasteiger partial charge in [-0.2, -0.15) is 0 Å². The second kappa shape index (κ2) is 7.19. The molecule has 0 unspecified atom stereocenters. The molecule has 2 aromatic carbocycles. The van der Waals surface area contributed by atoms with Crippen molar-refractivity contribution >= 4 is 11.9 Å². The molecule has 0 fully saturated rings. The number of halogens is 1. The molecule has 2 rings (SSSR count). The van der Waals surface area contributed by atoms with Gasteiger partial charge >= 0.3 is 5.97 Å². The molecule has 0 saturated heterocycles. The summed E-state index contributed by atoms with van der Waals surface area (Å²) in [5, 5.41) is 2.49. The third-order valence-electron chi connectivity index (χ3n) is 2.78. The number of hydrogen-bond donors (Lipinski definition) is 1. The molecule has 4 nitrogen and oxygen atoms in total. The fourth-order valence-electron chi connectivity index (χ4n) is 1.68. The number of ether oxygens (including phenoxy) is 1. The normalized spacial score (nSPS) is 9.95. The van der Waals surface area contributed by atoms with Crippen molar-refractivity contribution in [3.63, 3.8) is 0 Å². The van der Waals surface area contributed by atoms with Crippen LogP contribution in [0.3, 0.4) is 0 Å². The summed E-state index contributed by atoms with van der Waals surface area (Å²) in [6.07, 6.45) is 0. The van der Waals surface area contributed by atoms with Gasteiger partial charge in [-0.15, -0.1) is 0 Å². The Morgan fingerprint density at radius 2 is 1.67 bits per heavy atom. The number of rotatable bonds is 5. The average Bonchev–Trinajstić information content (AvgIpc) is 2.52. The van der Waals surface area contributed by atoms with E-state index in [1.54, 1.807) is 48.5 Å². The Labute approximate surface area is 121 Å². The van der Waals surface area contributed by atoms with Crippen molar-refractivity contribution in [2.45, 2.75) is 6.54 Å². The van der Waals surface area contributed by atoms with Crippen LogP contribution in [0, 0.1) is 5.82 Å². The van der Waals surface area contributed by atoms with E-state index in [2.05, 4.69) is 5.32 Å². The van der Waals surface area contributed by atoms with Crippen LogP contribution in [0.4, 0.5) is 4.39 Å². The van der Waals surface area contributed by atoms with Crippen molar-refractivity contribution in [2.24, 2.45) is 0 Å². The number of benzene rings is 2. The van der Waals surface area contributed by atoms with E-state index in [9.17, 15) is 14.0 Å². The summed E-state index contributed by atoms with van der Waals surface area (Å²) in [6, 6.07) is 14.5. The molecule has 0 radical (unpaired) electrons. The Balaban J connectivity index is 1.78. The topological polar surface area (TPSA) is 55.4 Å². The standard InChI is InChI=1S/C16H14FNO3/c17-14-9-5-4-8-13(14)10-18-15(19)11-21-16(20)12-6-2-1-3-7-12/h1-9H,10-11H2,(H,18,19). The largest absolute Gasteiger partial charge is 0.452 e. The van der Waals surface area contributed by atoms with Crippen LogP contribution in [0.2, 0.25) is 0 Å². The molecule has 5 heteroatoms. The van der Waals surface area contributed by atoms with Gasteiger partial charge in [-0.05, 0) is 18.2 Å². The minimum atomic E-state index is -0.573. The maximum atomic E-state index is 13.3.